The van der Waals surface area contributed by atoms with Crippen LogP contribution in [0, 0.1) is 0 Å². The second-order valence-electron chi connectivity index (χ2n) is 7.23. The van der Waals surface area contributed by atoms with E-state index in [1.54, 1.807) is 24.3 Å². The van der Waals surface area contributed by atoms with E-state index < -0.39 is 21.9 Å². The number of nitrogens with zero attached hydrogens (tertiary/aromatic N) is 2. The number of pyridine rings is 1. The lowest BCUT2D eigenvalue weighted by atomic mass is 10.1. The second-order valence-corrected chi connectivity index (χ2v) is 8.91. The van der Waals surface area contributed by atoms with Crippen LogP contribution in [0.2, 0.25) is 0 Å². The number of esters is 1. The summed E-state index contributed by atoms with van der Waals surface area (Å²) in [6.45, 7) is 0.158. The van der Waals surface area contributed by atoms with E-state index in [9.17, 15) is 22.8 Å². The number of ether oxygens (including phenoxy) is 1. The quantitative estimate of drug-likeness (QED) is 0.420. The maximum Gasteiger partial charge on any atom is 0.337 e. The van der Waals surface area contributed by atoms with Crippen molar-refractivity contribution in [2.75, 3.05) is 18.4 Å². The van der Waals surface area contributed by atoms with Gasteiger partial charge in [0.25, 0.3) is 21.8 Å². The molecule has 2 amide bonds. The molecule has 0 unspecified atom stereocenters. The highest BCUT2D eigenvalue weighted by molar-refractivity contribution is 7.92. The summed E-state index contributed by atoms with van der Waals surface area (Å²) in [5, 5.41) is 0. The molecule has 1 aliphatic rings. The smallest absolute Gasteiger partial charge is 0.337 e. The van der Waals surface area contributed by atoms with Gasteiger partial charge in [0.2, 0.25) is 0 Å². The van der Waals surface area contributed by atoms with Gasteiger partial charge in [0.05, 0.1) is 23.1 Å². The number of amides is 2. The number of carbonyl (C=O) groups excluding carboxylic acids is 3. The Morgan fingerprint density at radius 2 is 1.70 bits per heavy atom. The average Bonchev–Trinajstić information content (AvgIpc) is 3.07. The van der Waals surface area contributed by atoms with E-state index in [4.69, 9.17) is 0 Å². The number of sulfonamides is 1. The van der Waals surface area contributed by atoms with Crippen molar-refractivity contribution >= 4 is 33.5 Å². The highest BCUT2D eigenvalue weighted by Crippen LogP contribution is 2.22. The molecule has 33 heavy (non-hydrogen) atoms. The minimum Gasteiger partial charge on any atom is -0.465 e. The monoisotopic (exact) mass is 465 g/mol. The molecule has 1 aromatic heterocycles. The fourth-order valence-corrected chi connectivity index (χ4v) is 4.46. The minimum atomic E-state index is -3.85. The third kappa shape index (κ3) is 4.46. The Bertz CT molecular complexity index is 1300. The molecule has 0 radical (unpaired) electrons. The zero-order chi connectivity index (χ0) is 23.6. The molecule has 2 heterocycles. The SMILES string of the molecule is COC(=O)c1ccc(NS(=O)(=O)c2ccc(CCN3C(=O)c4cccnc4C3=O)cc2)cc1. The van der Waals surface area contributed by atoms with Crippen LogP contribution in [0.3, 0.4) is 0 Å². The molecule has 0 atom stereocenters. The Hall–Kier alpha value is -4.05. The van der Waals surface area contributed by atoms with E-state index in [2.05, 4.69) is 14.4 Å². The third-order valence-corrected chi connectivity index (χ3v) is 6.54. The van der Waals surface area contributed by atoms with Gasteiger partial charge in [-0.25, -0.2) is 13.2 Å². The Morgan fingerprint density at radius 1 is 1.00 bits per heavy atom. The summed E-state index contributed by atoms with van der Waals surface area (Å²) in [6, 6.07) is 15.2. The number of hydrogen-bond donors (Lipinski definition) is 1. The van der Waals surface area contributed by atoms with Gasteiger partial charge >= 0.3 is 5.97 Å². The van der Waals surface area contributed by atoms with Gasteiger partial charge in [-0.05, 0) is 60.5 Å². The summed E-state index contributed by atoms with van der Waals surface area (Å²) < 4.78 is 32.4. The molecule has 0 fully saturated rings. The van der Waals surface area contributed by atoms with E-state index in [-0.39, 0.29) is 28.6 Å². The van der Waals surface area contributed by atoms with E-state index in [0.717, 1.165) is 10.5 Å². The number of imide groups is 1. The summed E-state index contributed by atoms with van der Waals surface area (Å²) >= 11 is 0. The summed E-state index contributed by atoms with van der Waals surface area (Å²) in [7, 11) is -2.58. The molecule has 168 valence electrons. The highest BCUT2D eigenvalue weighted by atomic mass is 32.2. The zero-order valence-electron chi connectivity index (χ0n) is 17.5. The molecule has 10 heteroatoms. The normalized spacial score (nSPS) is 13.1. The van der Waals surface area contributed by atoms with Gasteiger partial charge in [-0.15, -0.1) is 0 Å². The molecule has 0 saturated heterocycles. The first-order valence-corrected chi connectivity index (χ1v) is 11.4. The fraction of sp³-hybridized carbons (Fsp3) is 0.130. The van der Waals surface area contributed by atoms with Crippen molar-refractivity contribution in [3.8, 4) is 0 Å². The van der Waals surface area contributed by atoms with Gasteiger partial charge < -0.3 is 4.74 Å². The van der Waals surface area contributed by atoms with Crippen LogP contribution >= 0.6 is 0 Å². The Balaban J connectivity index is 1.40. The number of aromatic nitrogens is 1. The van der Waals surface area contributed by atoms with Crippen molar-refractivity contribution in [3.05, 3.63) is 89.2 Å². The van der Waals surface area contributed by atoms with Gasteiger partial charge in [-0.1, -0.05) is 12.1 Å². The van der Waals surface area contributed by atoms with Crippen LogP contribution in [0.5, 0.6) is 0 Å². The predicted molar refractivity (Wildman–Crippen MR) is 118 cm³/mol. The van der Waals surface area contributed by atoms with Crippen molar-refractivity contribution in [2.24, 2.45) is 0 Å². The lowest BCUT2D eigenvalue weighted by molar-refractivity contribution is 0.0598. The third-order valence-electron chi connectivity index (χ3n) is 5.15. The van der Waals surface area contributed by atoms with Crippen LogP contribution < -0.4 is 4.72 Å². The summed E-state index contributed by atoms with van der Waals surface area (Å²) in [4.78, 5) is 41.5. The van der Waals surface area contributed by atoms with Gasteiger partial charge in [-0.2, -0.15) is 0 Å². The summed E-state index contributed by atoms with van der Waals surface area (Å²) in [5.41, 5.74) is 1.80. The fourth-order valence-electron chi connectivity index (χ4n) is 3.40. The molecule has 1 aliphatic heterocycles. The molecule has 4 rings (SSSR count). The number of methoxy groups -OCH3 is 1. The van der Waals surface area contributed by atoms with Gasteiger partial charge in [0.15, 0.2) is 0 Å². The summed E-state index contributed by atoms with van der Waals surface area (Å²) in [5.74, 6) is -1.33. The largest absolute Gasteiger partial charge is 0.465 e. The van der Waals surface area contributed by atoms with Crippen LogP contribution in [0.25, 0.3) is 0 Å². The Labute approximate surface area is 190 Å². The van der Waals surface area contributed by atoms with Gasteiger partial charge in [0, 0.05) is 18.4 Å². The number of carbonyl (C=O) groups is 3. The maximum absolute atomic E-state index is 12.7. The van der Waals surface area contributed by atoms with Crippen LogP contribution in [0.1, 0.15) is 36.8 Å². The topological polar surface area (TPSA) is 123 Å². The first kappa shape index (κ1) is 22.2. The molecule has 0 bridgehead atoms. The second kappa shape index (κ2) is 8.83. The van der Waals surface area contributed by atoms with E-state index in [0.29, 0.717) is 17.7 Å². The van der Waals surface area contributed by atoms with E-state index >= 15 is 0 Å². The molecular weight excluding hydrogens is 446 g/mol. The van der Waals surface area contributed by atoms with Crippen LogP contribution in [0.4, 0.5) is 5.69 Å². The number of rotatable bonds is 7. The maximum atomic E-state index is 12.7. The Morgan fingerprint density at radius 3 is 2.33 bits per heavy atom. The molecule has 3 aromatic rings. The van der Waals surface area contributed by atoms with Gasteiger partial charge in [-0.3, -0.25) is 24.2 Å². The number of fused-ring (bicyclic) bond motifs is 1. The van der Waals surface area contributed by atoms with Crippen molar-refractivity contribution in [1.82, 2.24) is 9.88 Å². The van der Waals surface area contributed by atoms with Crippen molar-refractivity contribution in [2.45, 2.75) is 11.3 Å². The van der Waals surface area contributed by atoms with Crippen molar-refractivity contribution in [3.63, 3.8) is 0 Å². The van der Waals surface area contributed by atoms with E-state index in [1.165, 1.54) is 49.7 Å². The lowest BCUT2D eigenvalue weighted by Gasteiger charge is -2.13. The van der Waals surface area contributed by atoms with Crippen molar-refractivity contribution in [1.29, 1.82) is 0 Å². The first-order valence-electron chi connectivity index (χ1n) is 9.91. The van der Waals surface area contributed by atoms with Crippen molar-refractivity contribution < 1.29 is 27.5 Å². The highest BCUT2D eigenvalue weighted by Gasteiger charge is 2.36. The number of nitrogens with one attached hydrogen (secondary N) is 1. The molecule has 1 N–H and O–H groups in total. The predicted octanol–water partition coefficient (Wildman–Crippen LogP) is 2.51. The molecular formula is C23H19N3O6S. The number of benzene rings is 2. The van der Waals surface area contributed by atoms with Crippen LogP contribution in [0.15, 0.2) is 71.8 Å². The number of anilines is 1. The average molecular weight is 465 g/mol. The lowest BCUT2D eigenvalue weighted by Crippen LogP contribution is -2.31. The summed E-state index contributed by atoms with van der Waals surface area (Å²) in [6.07, 6.45) is 1.84. The van der Waals surface area contributed by atoms with E-state index in [1.807, 2.05) is 0 Å². The molecule has 0 spiro atoms. The standard InChI is InChI=1S/C23H19N3O6S/c1-32-23(29)16-6-8-17(9-7-16)25-33(30,31)18-10-4-15(5-11-18)12-14-26-21(27)19-3-2-13-24-20(19)22(26)28/h2-11,13,25H,12,14H2,1H3. The zero-order valence-corrected chi connectivity index (χ0v) is 18.3. The van der Waals surface area contributed by atoms with Gasteiger partial charge in [0.1, 0.15) is 5.69 Å². The first-order chi connectivity index (χ1) is 15.8. The molecule has 2 aromatic carbocycles. The van der Waals surface area contributed by atoms with Crippen LogP contribution in [-0.4, -0.2) is 49.7 Å². The molecule has 0 saturated carbocycles. The molecule has 9 nitrogen and oxygen atoms in total. The van der Waals surface area contributed by atoms with Crippen LogP contribution in [-0.2, 0) is 21.2 Å². The Kier molecular flexibility index (Phi) is 5.93. The molecule has 0 aliphatic carbocycles. The number of hydrogen-bond acceptors (Lipinski definition) is 7. The minimum absolute atomic E-state index is 0.0493.